The summed E-state index contributed by atoms with van der Waals surface area (Å²) in [6.07, 6.45) is -1.42. The molecule has 0 saturated carbocycles. The van der Waals surface area contributed by atoms with Gasteiger partial charge in [-0.3, -0.25) is 0 Å². The first kappa shape index (κ1) is 10.5. The van der Waals surface area contributed by atoms with E-state index in [1.54, 1.807) is 24.3 Å². The number of hydrogen-bond acceptors (Lipinski definition) is 3. The summed E-state index contributed by atoms with van der Waals surface area (Å²) >= 11 is 11.2. The van der Waals surface area contributed by atoms with Crippen LogP contribution in [-0.2, 0) is 0 Å². The predicted octanol–water partition coefficient (Wildman–Crippen LogP) is 2.31. The van der Waals surface area contributed by atoms with Crippen LogP contribution < -0.4 is 0 Å². The Morgan fingerprint density at radius 2 is 2.07 bits per heavy atom. The highest BCUT2D eigenvalue weighted by molar-refractivity contribution is 6.54. The number of nitrogens with zero attached hydrogens (tertiary/aromatic N) is 2. The Morgan fingerprint density at radius 1 is 1.40 bits per heavy atom. The third-order valence-electron chi connectivity index (χ3n) is 2.08. The lowest BCUT2D eigenvalue weighted by atomic mass is 10.2. The summed E-state index contributed by atoms with van der Waals surface area (Å²) < 4.78 is 0.440. The van der Waals surface area contributed by atoms with E-state index in [1.807, 2.05) is 0 Å². The summed E-state index contributed by atoms with van der Waals surface area (Å²) in [5.41, 5.74) is 0.814. The van der Waals surface area contributed by atoms with Gasteiger partial charge in [0.15, 0.2) is 10.5 Å². The maximum Gasteiger partial charge on any atom is 0.351 e. The molecule has 1 aliphatic heterocycles. The lowest BCUT2D eigenvalue weighted by Crippen LogP contribution is -2.35. The van der Waals surface area contributed by atoms with Crippen LogP contribution in [0.4, 0.5) is 11.4 Å². The van der Waals surface area contributed by atoms with E-state index in [0.717, 1.165) is 0 Å². The number of aliphatic hydroxyl groups excluding tert-OH is 1. The molecule has 15 heavy (non-hydrogen) atoms. The van der Waals surface area contributed by atoms with Crippen molar-refractivity contribution >= 4 is 40.3 Å². The SMILES string of the molecule is O=[N+]1c2ccccc2N=C(C(Cl)Cl)C1O. The lowest BCUT2D eigenvalue weighted by molar-refractivity contribution is -0.533. The number of aliphatic hydroxyl groups is 1. The van der Waals surface area contributed by atoms with Crippen LogP contribution in [0.2, 0.25) is 0 Å². The molecule has 6 heteroatoms. The second-order valence-electron chi connectivity index (χ2n) is 3.03. The average Bonchev–Trinajstić information content (AvgIpc) is 2.23. The third-order valence-corrected chi connectivity index (χ3v) is 2.53. The fourth-order valence-electron chi connectivity index (χ4n) is 1.36. The van der Waals surface area contributed by atoms with Crippen molar-refractivity contribution in [3.8, 4) is 0 Å². The highest BCUT2D eigenvalue weighted by Gasteiger charge is 2.39. The highest BCUT2D eigenvalue weighted by Crippen LogP contribution is 2.33. The Balaban J connectivity index is 2.57. The minimum atomic E-state index is -1.42. The maximum absolute atomic E-state index is 11.6. The summed E-state index contributed by atoms with van der Waals surface area (Å²) in [5, 5.41) is 9.57. The minimum Gasteiger partial charge on any atom is -0.329 e. The largest absolute Gasteiger partial charge is 0.351 e. The van der Waals surface area contributed by atoms with Gasteiger partial charge in [0.2, 0.25) is 0 Å². The van der Waals surface area contributed by atoms with Crippen LogP contribution in [-0.4, -0.2) is 26.6 Å². The van der Waals surface area contributed by atoms with Gasteiger partial charge in [-0.2, -0.15) is 0 Å². The first-order valence-corrected chi connectivity index (χ1v) is 5.08. The molecule has 1 aromatic carbocycles. The Hall–Kier alpha value is -0.970. The van der Waals surface area contributed by atoms with Crippen LogP contribution in [0.5, 0.6) is 0 Å². The highest BCUT2D eigenvalue weighted by atomic mass is 35.5. The van der Waals surface area contributed by atoms with Crippen LogP contribution >= 0.6 is 23.2 Å². The molecule has 1 unspecified atom stereocenters. The molecular weight excluding hydrogens is 239 g/mol. The molecule has 2 rings (SSSR count). The van der Waals surface area contributed by atoms with E-state index in [4.69, 9.17) is 23.2 Å². The standard InChI is InChI=1S/C9H7Cl2N2O2/c10-8(11)7-9(14)13(15)6-4-2-1-3-5(6)12-7/h1-4,8-9,14H/q+1. The zero-order valence-corrected chi connectivity index (χ0v) is 8.98. The van der Waals surface area contributed by atoms with Gasteiger partial charge in [-0.25, -0.2) is 4.99 Å². The van der Waals surface area contributed by atoms with Crippen molar-refractivity contribution < 1.29 is 9.87 Å². The summed E-state index contributed by atoms with van der Waals surface area (Å²) in [6, 6.07) is 6.66. The number of alkyl halides is 2. The summed E-state index contributed by atoms with van der Waals surface area (Å²) in [4.78, 5) is 14.6. The molecule has 1 heterocycles. The molecule has 0 amide bonds. The van der Waals surface area contributed by atoms with E-state index >= 15 is 0 Å². The van der Waals surface area contributed by atoms with Crippen LogP contribution in [0.1, 0.15) is 0 Å². The molecule has 0 radical (unpaired) electrons. The predicted molar refractivity (Wildman–Crippen MR) is 58.3 cm³/mol. The van der Waals surface area contributed by atoms with Crippen molar-refractivity contribution in [1.82, 2.24) is 0 Å². The number of halogens is 2. The van der Waals surface area contributed by atoms with Crippen LogP contribution in [0.15, 0.2) is 29.3 Å². The van der Waals surface area contributed by atoms with Crippen molar-refractivity contribution in [3.63, 3.8) is 0 Å². The minimum absolute atomic E-state index is 0.0482. The quantitative estimate of drug-likeness (QED) is 0.610. The van der Waals surface area contributed by atoms with Crippen molar-refractivity contribution in [2.45, 2.75) is 11.1 Å². The molecule has 78 valence electrons. The fraction of sp³-hybridized carbons (Fsp3) is 0.222. The van der Waals surface area contributed by atoms with E-state index in [9.17, 15) is 10.0 Å². The van der Waals surface area contributed by atoms with E-state index in [0.29, 0.717) is 16.1 Å². The molecule has 0 saturated heterocycles. The topological polar surface area (TPSA) is 52.7 Å². The van der Waals surface area contributed by atoms with Crippen molar-refractivity contribution in [2.24, 2.45) is 4.99 Å². The van der Waals surface area contributed by atoms with Gasteiger partial charge >= 0.3 is 6.23 Å². The number of para-hydroxylation sites is 2. The van der Waals surface area contributed by atoms with Gasteiger partial charge in [-0.1, -0.05) is 35.3 Å². The summed E-state index contributed by atoms with van der Waals surface area (Å²) in [7, 11) is 0. The normalized spacial score (nSPS) is 20.1. The molecule has 0 aromatic heterocycles. The van der Waals surface area contributed by atoms with Gasteiger partial charge < -0.3 is 5.11 Å². The molecule has 1 atom stereocenters. The van der Waals surface area contributed by atoms with Gasteiger partial charge in [0.25, 0.3) is 5.69 Å². The van der Waals surface area contributed by atoms with Gasteiger partial charge in [0, 0.05) is 11.0 Å². The number of nitroso groups, excluding NO2 is 1. The molecule has 1 aliphatic rings. The molecule has 1 aromatic rings. The summed E-state index contributed by atoms with van der Waals surface area (Å²) in [5.74, 6) is 0. The molecule has 1 N–H and O–H groups in total. The van der Waals surface area contributed by atoms with E-state index in [-0.39, 0.29) is 5.71 Å². The maximum atomic E-state index is 11.6. The number of fused-ring (bicyclic) bond motifs is 1. The fourth-order valence-corrected chi connectivity index (χ4v) is 1.68. The molecule has 0 spiro atoms. The summed E-state index contributed by atoms with van der Waals surface area (Å²) in [6.45, 7) is 0. The smallest absolute Gasteiger partial charge is 0.329 e. The third kappa shape index (κ3) is 1.76. The number of benzene rings is 1. The lowest BCUT2D eigenvalue weighted by Gasteiger charge is -2.13. The van der Waals surface area contributed by atoms with E-state index in [2.05, 4.69) is 4.99 Å². The van der Waals surface area contributed by atoms with Gasteiger partial charge in [-0.05, 0) is 6.07 Å². The second-order valence-corrected chi connectivity index (χ2v) is 4.12. The molecule has 0 fully saturated rings. The molecule has 0 bridgehead atoms. The van der Waals surface area contributed by atoms with Crippen molar-refractivity contribution in [1.29, 1.82) is 0 Å². The Labute approximate surface area is 95.7 Å². The van der Waals surface area contributed by atoms with Crippen LogP contribution in [0, 0.1) is 4.91 Å². The van der Waals surface area contributed by atoms with Crippen molar-refractivity contribution in [3.05, 3.63) is 29.2 Å². The Bertz CT molecular complexity index is 445. The van der Waals surface area contributed by atoms with Gasteiger partial charge in [0.05, 0.1) is 4.76 Å². The average molecular weight is 246 g/mol. The molecule has 0 aliphatic carbocycles. The molecule has 4 nitrogen and oxygen atoms in total. The first-order valence-electron chi connectivity index (χ1n) is 4.21. The van der Waals surface area contributed by atoms with E-state index < -0.39 is 11.1 Å². The first-order chi connectivity index (χ1) is 7.11. The monoisotopic (exact) mass is 245 g/mol. The van der Waals surface area contributed by atoms with E-state index in [1.165, 1.54) is 0 Å². The number of aliphatic imine (C=N–C) groups is 1. The van der Waals surface area contributed by atoms with Crippen LogP contribution in [0.25, 0.3) is 0 Å². The number of rotatable bonds is 1. The van der Waals surface area contributed by atoms with Crippen molar-refractivity contribution in [2.75, 3.05) is 0 Å². The number of hydrogen-bond donors (Lipinski definition) is 1. The Kier molecular flexibility index (Phi) is 2.73. The zero-order valence-electron chi connectivity index (χ0n) is 7.47. The van der Waals surface area contributed by atoms with Gasteiger partial charge in [0.1, 0.15) is 5.69 Å². The zero-order chi connectivity index (χ0) is 11.0. The second kappa shape index (κ2) is 3.89. The van der Waals surface area contributed by atoms with Crippen LogP contribution in [0.3, 0.4) is 0 Å². The molecular formula is C9H7Cl2N2O2+. The van der Waals surface area contributed by atoms with Gasteiger partial charge in [-0.15, -0.1) is 0 Å². The Morgan fingerprint density at radius 3 is 2.73 bits per heavy atom.